The summed E-state index contributed by atoms with van der Waals surface area (Å²) in [4.78, 5) is 39.5. The first-order chi connectivity index (χ1) is 22.7. The fraction of sp³-hybridized carbons (Fsp3) is 0.571. The van der Waals surface area contributed by atoms with E-state index in [2.05, 4.69) is 10.6 Å². The molecule has 48 heavy (non-hydrogen) atoms. The van der Waals surface area contributed by atoms with Crippen molar-refractivity contribution in [1.29, 1.82) is 0 Å². The first-order valence-corrected chi connectivity index (χ1v) is 16.0. The Bertz CT molecular complexity index is 1350. The monoisotopic (exact) mass is 674 g/mol. The molecule has 268 valence electrons. The summed E-state index contributed by atoms with van der Waals surface area (Å²) >= 11 is 0. The molecule has 0 fully saturated rings. The second-order valence-corrected chi connectivity index (χ2v) is 12.3. The number of amides is 3. The molecule has 2 bridgehead atoms. The summed E-state index contributed by atoms with van der Waals surface area (Å²) in [6.07, 6.45) is 3.77. The highest BCUT2D eigenvalue weighted by Crippen LogP contribution is 2.42. The van der Waals surface area contributed by atoms with Crippen molar-refractivity contribution in [2.45, 2.75) is 65.5 Å². The molecule has 3 amide bonds. The van der Waals surface area contributed by atoms with Crippen molar-refractivity contribution >= 4 is 23.8 Å². The Balaban J connectivity index is 2.73. The van der Waals surface area contributed by atoms with Gasteiger partial charge in [-0.25, -0.2) is 9.59 Å². The van der Waals surface area contributed by atoms with Gasteiger partial charge in [0.25, 0.3) is 5.91 Å². The SMILES string of the molecule is CNCCN(C)C(=O)Oc1cc2c(O)c(c1)C(OC)C(C)CC(OC)C(OC)C(C)C=C(C)C(OC(N)=O)C(C)C=CC=C(C)C(=O)N2. The van der Waals surface area contributed by atoms with E-state index in [0.717, 1.165) is 5.57 Å². The summed E-state index contributed by atoms with van der Waals surface area (Å²) in [5.41, 5.74) is 6.88. The van der Waals surface area contributed by atoms with Crippen LogP contribution in [0.15, 0.2) is 47.6 Å². The largest absolute Gasteiger partial charge is 0.505 e. The van der Waals surface area contributed by atoms with Crippen LogP contribution in [0.4, 0.5) is 15.3 Å². The van der Waals surface area contributed by atoms with E-state index in [0.29, 0.717) is 30.6 Å². The van der Waals surface area contributed by atoms with Crippen molar-refractivity contribution in [3.8, 4) is 11.5 Å². The smallest absolute Gasteiger partial charge is 0.415 e. The first kappa shape index (κ1) is 40.3. The standard InChI is InChI=1S/C35H54N4O9/c1-20-12-11-13-21(2)33(41)38-27-19-25(47-35(43)39(7)15-14-37-6)18-26(29(27)40)31(45-9)24(5)17-28(44-8)32(46-10)23(4)16-22(3)30(20)48-34(36)42/h11-13,16,18-20,23-24,28,30-32,37,40H,14-15,17H2,1-10H3,(H2,36,42)(H,38,41). The van der Waals surface area contributed by atoms with Crippen molar-refractivity contribution in [2.75, 3.05) is 53.8 Å². The van der Waals surface area contributed by atoms with Gasteiger partial charge in [0.15, 0.2) is 0 Å². The Morgan fingerprint density at radius 2 is 1.75 bits per heavy atom. The second kappa shape index (κ2) is 19.2. The Kier molecular flexibility index (Phi) is 16.1. The summed E-state index contributed by atoms with van der Waals surface area (Å²) in [5, 5.41) is 17.2. The number of benzene rings is 1. The van der Waals surface area contributed by atoms with E-state index in [4.69, 9.17) is 29.4 Å². The molecule has 5 N–H and O–H groups in total. The van der Waals surface area contributed by atoms with Crippen molar-refractivity contribution < 1.29 is 43.2 Å². The number of carbonyl (C=O) groups excluding carboxylic acids is 3. The molecule has 13 nitrogen and oxygen atoms in total. The maximum atomic E-state index is 13.3. The zero-order chi connectivity index (χ0) is 36.1. The van der Waals surface area contributed by atoms with Crippen LogP contribution in [0.5, 0.6) is 11.5 Å². The van der Waals surface area contributed by atoms with Gasteiger partial charge in [-0.15, -0.1) is 0 Å². The Labute approximate surface area is 284 Å². The Morgan fingerprint density at radius 1 is 1.06 bits per heavy atom. The van der Waals surface area contributed by atoms with Crippen LogP contribution in [0.1, 0.15) is 52.7 Å². The molecule has 0 saturated carbocycles. The van der Waals surface area contributed by atoms with Gasteiger partial charge in [-0.2, -0.15) is 0 Å². The topological polar surface area (TPSA) is 171 Å². The molecular formula is C35H54N4O9. The summed E-state index contributed by atoms with van der Waals surface area (Å²) in [7, 11) is 8.11. The molecule has 7 unspecified atom stereocenters. The number of nitrogens with one attached hydrogen (secondary N) is 2. The number of fused-ring (bicyclic) bond motifs is 2. The van der Waals surface area contributed by atoms with Gasteiger partial charge in [-0.1, -0.05) is 45.1 Å². The molecule has 0 aromatic heterocycles. The van der Waals surface area contributed by atoms with Gasteiger partial charge in [0, 0.05) is 70.5 Å². The number of anilines is 1. The summed E-state index contributed by atoms with van der Waals surface area (Å²) in [5.74, 6) is -1.37. The average Bonchev–Trinajstić information content (AvgIpc) is 3.03. The van der Waals surface area contributed by atoms with E-state index in [1.807, 2.05) is 33.8 Å². The highest BCUT2D eigenvalue weighted by Gasteiger charge is 2.33. The lowest BCUT2D eigenvalue weighted by Crippen LogP contribution is -2.37. The zero-order valence-electron chi connectivity index (χ0n) is 29.9. The molecule has 1 aromatic carbocycles. The Hall–Kier alpha value is -3.91. The van der Waals surface area contributed by atoms with Gasteiger partial charge >= 0.3 is 12.2 Å². The maximum absolute atomic E-state index is 13.3. The van der Waals surface area contributed by atoms with E-state index in [9.17, 15) is 19.5 Å². The average molecular weight is 675 g/mol. The first-order valence-electron chi connectivity index (χ1n) is 16.0. The predicted molar refractivity (Wildman–Crippen MR) is 184 cm³/mol. The third kappa shape index (κ3) is 11.1. The Morgan fingerprint density at radius 3 is 2.33 bits per heavy atom. The second-order valence-electron chi connectivity index (χ2n) is 12.3. The van der Waals surface area contributed by atoms with E-state index < -0.39 is 42.5 Å². The number of carbonyl (C=O) groups is 3. The van der Waals surface area contributed by atoms with Crippen molar-refractivity contribution in [3.63, 3.8) is 0 Å². The number of ether oxygens (including phenoxy) is 5. The number of aromatic hydroxyl groups is 1. The lowest BCUT2D eigenvalue weighted by molar-refractivity contribution is -0.112. The third-order valence-electron chi connectivity index (χ3n) is 8.53. The molecular weight excluding hydrogens is 620 g/mol. The fourth-order valence-corrected chi connectivity index (χ4v) is 5.89. The van der Waals surface area contributed by atoms with Crippen molar-refractivity contribution in [2.24, 2.45) is 23.5 Å². The van der Waals surface area contributed by atoms with Crippen LogP contribution in [-0.4, -0.2) is 94.9 Å². The number of allylic oxidation sites excluding steroid dienone is 2. The number of phenols is 1. The molecule has 1 aliphatic rings. The van der Waals surface area contributed by atoms with E-state index >= 15 is 0 Å². The number of hydrogen-bond donors (Lipinski definition) is 4. The van der Waals surface area contributed by atoms with Crippen LogP contribution in [0.2, 0.25) is 0 Å². The highest BCUT2D eigenvalue weighted by atomic mass is 16.6. The molecule has 1 aliphatic heterocycles. The number of nitrogens with zero attached hydrogens (tertiary/aromatic N) is 1. The predicted octanol–water partition coefficient (Wildman–Crippen LogP) is 4.92. The third-order valence-corrected chi connectivity index (χ3v) is 8.53. The fourth-order valence-electron chi connectivity index (χ4n) is 5.89. The molecule has 1 heterocycles. The van der Waals surface area contributed by atoms with E-state index in [1.54, 1.807) is 53.5 Å². The van der Waals surface area contributed by atoms with Gasteiger partial charge in [-0.3, -0.25) is 4.79 Å². The lowest BCUT2D eigenvalue weighted by atomic mass is 9.86. The number of hydrogen-bond acceptors (Lipinski definition) is 10. The highest BCUT2D eigenvalue weighted by molar-refractivity contribution is 6.04. The zero-order valence-corrected chi connectivity index (χ0v) is 29.9. The molecule has 0 spiro atoms. The minimum atomic E-state index is -0.904. The van der Waals surface area contributed by atoms with E-state index in [1.165, 1.54) is 24.1 Å². The van der Waals surface area contributed by atoms with Gasteiger partial charge in [0.1, 0.15) is 17.6 Å². The van der Waals surface area contributed by atoms with Crippen molar-refractivity contribution in [1.82, 2.24) is 10.2 Å². The van der Waals surface area contributed by atoms with Gasteiger partial charge < -0.3 is 50.1 Å². The van der Waals surface area contributed by atoms with E-state index in [-0.39, 0.29) is 34.9 Å². The van der Waals surface area contributed by atoms with Crippen LogP contribution in [-0.2, 0) is 23.7 Å². The minimum absolute atomic E-state index is 0.0388. The summed E-state index contributed by atoms with van der Waals surface area (Å²) < 4.78 is 29.0. The number of phenolic OH excluding ortho intramolecular Hbond substituents is 1. The number of methoxy groups -OCH3 is 3. The molecule has 0 saturated heterocycles. The summed E-state index contributed by atoms with van der Waals surface area (Å²) in [6.45, 7) is 10.2. The van der Waals surface area contributed by atoms with Crippen LogP contribution in [0.25, 0.3) is 0 Å². The molecule has 0 radical (unpaired) electrons. The number of nitrogens with two attached hydrogens (primary N) is 1. The van der Waals surface area contributed by atoms with Crippen LogP contribution in [0, 0.1) is 17.8 Å². The maximum Gasteiger partial charge on any atom is 0.415 e. The number of likely N-dealkylation sites (N-methyl/N-ethyl adjacent to an activating group) is 2. The van der Waals surface area contributed by atoms with Crippen LogP contribution < -0.4 is 21.1 Å². The van der Waals surface area contributed by atoms with Crippen molar-refractivity contribution in [3.05, 3.63) is 53.1 Å². The van der Waals surface area contributed by atoms with Crippen LogP contribution >= 0.6 is 0 Å². The van der Waals surface area contributed by atoms with Gasteiger partial charge in [0.05, 0.1) is 24.0 Å². The quantitative estimate of drug-likeness (QED) is 0.219. The van der Waals surface area contributed by atoms with Gasteiger partial charge in [-0.05, 0) is 44.9 Å². The lowest BCUT2D eigenvalue weighted by Gasteiger charge is -2.33. The molecule has 0 aliphatic carbocycles. The van der Waals surface area contributed by atoms with Gasteiger partial charge in [0.2, 0.25) is 0 Å². The normalized spacial score (nSPS) is 25.8. The molecule has 13 heteroatoms. The number of rotatable bonds is 8. The minimum Gasteiger partial charge on any atom is -0.505 e. The molecule has 7 atom stereocenters. The number of primary amides is 1. The summed E-state index contributed by atoms with van der Waals surface area (Å²) in [6, 6.07) is 2.93. The molecule has 1 aromatic rings. The van der Waals surface area contributed by atoms with Crippen LogP contribution in [0.3, 0.4) is 0 Å². The molecule has 2 rings (SSSR count).